The van der Waals surface area contributed by atoms with Crippen molar-refractivity contribution < 1.29 is 19.8 Å². The van der Waals surface area contributed by atoms with E-state index in [9.17, 15) is 14.7 Å². The van der Waals surface area contributed by atoms with Gasteiger partial charge < -0.3 is 20.8 Å². The third kappa shape index (κ3) is 3.96. The van der Waals surface area contributed by atoms with Gasteiger partial charge >= 0.3 is 12.0 Å². The van der Waals surface area contributed by atoms with Gasteiger partial charge in [-0.2, -0.15) is 5.10 Å². The first-order valence-electron chi connectivity index (χ1n) is 6.15. The van der Waals surface area contributed by atoms with Crippen molar-refractivity contribution in [1.82, 2.24) is 15.1 Å². The van der Waals surface area contributed by atoms with Crippen LogP contribution in [0.2, 0.25) is 0 Å². The Hall–Kier alpha value is -3.03. The number of hydrogen-bond donors (Lipinski definition) is 4. The first-order valence-corrected chi connectivity index (χ1v) is 6.15. The topological polar surface area (TPSA) is 116 Å². The standard InChI is InChI=1S/C13H14N4O4/c18-9-2-3-11(10(8-9)12(19)20)16-13(21)14-5-7-17-6-1-4-15-17/h1-4,6,8,18H,5,7H2,(H,19,20)(H2,14,16,21). The van der Waals surface area contributed by atoms with Gasteiger partial charge in [0, 0.05) is 18.9 Å². The van der Waals surface area contributed by atoms with Crippen LogP contribution in [0.5, 0.6) is 5.75 Å². The second-order valence-corrected chi connectivity index (χ2v) is 4.19. The molecule has 21 heavy (non-hydrogen) atoms. The molecule has 0 saturated heterocycles. The number of nitrogens with zero attached hydrogens (tertiary/aromatic N) is 2. The molecule has 1 aromatic carbocycles. The van der Waals surface area contributed by atoms with Gasteiger partial charge in [0.25, 0.3) is 0 Å². The third-order valence-electron chi connectivity index (χ3n) is 2.67. The Bertz CT molecular complexity index is 640. The van der Waals surface area contributed by atoms with Gasteiger partial charge in [-0.1, -0.05) is 0 Å². The van der Waals surface area contributed by atoms with E-state index < -0.39 is 12.0 Å². The van der Waals surface area contributed by atoms with E-state index in [-0.39, 0.29) is 17.0 Å². The zero-order chi connectivity index (χ0) is 15.2. The van der Waals surface area contributed by atoms with Crippen molar-refractivity contribution in [3.8, 4) is 5.75 Å². The third-order valence-corrected chi connectivity index (χ3v) is 2.67. The average Bonchev–Trinajstić information content (AvgIpc) is 2.94. The summed E-state index contributed by atoms with van der Waals surface area (Å²) in [5, 5.41) is 27.3. The lowest BCUT2D eigenvalue weighted by molar-refractivity contribution is 0.0697. The summed E-state index contributed by atoms with van der Waals surface area (Å²) in [5.74, 6) is -1.42. The maximum absolute atomic E-state index is 11.7. The number of carboxylic acids is 1. The number of hydrogen-bond acceptors (Lipinski definition) is 4. The number of amides is 2. The molecule has 8 nitrogen and oxygen atoms in total. The summed E-state index contributed by atoms with van der Waals surface area (Å²) in [7, 11) is 0. The Kier molecular flexibility index (Phi) is 4.39. The van der Waals surface area contributed by atoms with Gasteiger partial charge in [0.2, 0.25) is 0 Å². The first kappa shape index (κ1) is 14.4. The van der Waals surface area contributed by atoms with Crippen molar-refractivity contribution in [2.75, 3.05) is 11.9 Å². The highest BCUT2D eigenvalue weighted by molar-refractivity contribution is 6.00. The van der Waals surface area contributed by atoms with Crippen LogP contribution >= 0.6 is 0 Å². The molecule has 0 aliphatic heterocycles. The fourth-order valence-electron chi connectivity index (χ4n) is 1.70. The zero-order valence-corrected chi connectivity index (χ0v) is 11.0. The molecule has 0 spiro atoms. The number of phenolic OH excluding ortho intramolecular Hbond substituents is 1. The molecule has 1 aromatic heterocycles. The van der Waals surface area contributed by atoms with E-state index in [0.29, 0.717) is 13.1 Å². The second kappa shape index (κ2) is 6.42. The van der Waals surface area contributed by atoms with Gasteiger partial charge in [0.15, 0.2) is 0 Å². The highest BCUT2D eigenvalue weighted by atomic mass is 16.4. The van der Waals surface area contributed by atoms with Crippen molar-refractivity contribution in [3.63, 3.8) is 0 Å². The first-order chi connectivity index (χ1) is 10.1. The van der Waals surface area contributed by atoms with E-state index >= 15 is 0 Å². The molecule has 0 radical (unpaired) electrons. The monoisotopic (exact) mass is 290 g/mol. The van der Waals surface area contributed by atoms with Crippen LogP contribution in [0, 0.1) is 0 Å². The number of aromatic hydroxyl groups is 1. The molecule has 2 aromatic rings. The lowest BCUT2D eigenvalue weighted by atomic mass is 10.1. The smallest absolute Gasteiger partial charge is 0.337 e. The Morgan fingerprint density at radius 2 is 2.14 bits per heavy atom. The number of nitrogens with one attached hydrogen (secondary N) is 2. The molecule has 0 fully saturated rings. The number of carboxylic acid groups (broad SMARTS) is 1. The van der Waals surface area contributed by atoms with Gasteiger partial charge in [-0.25, -0.2) is 9.59 Å². The van der Waals surface area contributed by atoms with Crippen molar-refractivity contribution in [3.05, 3.63) is 42.2 Å². The minimum atomic E-state index is -1.24. The van der Waals surface area contributed by atoms with Crippen molar-refractivity contribution in [2.45, 2.75) is 6.54 Å². The Morgan fingerprint density at radius 1 is 1.33 bits per heavy atom. The number of aromatic carboxylic acids is 1. The van der Waals surface area contributed by atoms with Crippen molar-refractivity contribution >= 4 is 17.7 Å². The molecule has 0 aliphatic carbocycles. The van der Waals surface area contributed by atoms with Crippen molar-refractivity contribution in [1.29, 1.82) is 0 Å². The van der Waals surface area contributed by atoms with Gasteiger partial charge in [0.1, 0.15) is 5.75 Å². The van der Waals surface area contributed by atoms with Gasteiger partial charge in [-0.3, -0.25) is 4.68 Å². The lowest BCUT2D eigenvalue weighted by Gasteiger charge is -2.10. The summed E-state index contributed by atoms with van der Waals surface area (Å²) in [6.07, 6.45) is 3.40. The molecule has 2 rings (SSSR count). The van der Waals surface area contributed by atoms with Gasteiger partial charge in [-0.15, -0.1) is 0 Å². The van der Waals surface area contributed by atoms with Crippen LogP contribution in [0.3, 0.4) is 0 Å². The number of phenols is 1. The van der Waals surface area contributed by atoms with Crippen LogP contribution in [0.15, 0.2) is 36.7 Å². The number of anilines is 1. The highest BCUT2D eigenvalue weighted by Crippen LogP contribution is 2.21. The highest BCUT2D eigenvalue weighted by Gasteiger charge is 2.13. The number of urea groups is 1. The second-order valence-electron chi connectivity index (χ2n) is 4.19. The molecule has 0 bridgehead atoms. The molecule has 2 amide bonds. The molecule has 1 heterocycles. The summed E-state index contributed by atoms with van der Waals surface area (Å²) in [6.45, 7) is 0.843. The van der Waals surface area contributed by atoms with E-state index in [4.69, 9.17) is 5.11 Å². The predicted molar refractivity (Wildman–Crippen MR) is 74.3 cm³/mol. The van der Waals surface area contributed by atoms with E-state index in [0.717, 1.165) is 6.07 Å². The number of carbonyl (C=O) groups excluding carboxylic acids is 1. The molecule has 4 N–H and O–H groups in total. The largest absolute Gasteiger partial charge is 0.508 e. The average molecular weight is 290 g/mol. The number of aromatic nitrogens is 2. The maximum Gasteiger partial charge on any atom is 0.337 e. The fourth-order valence-corrected chi connectivity index (χ4v) is 1.70. The zero-order valence-electron chi connectivity index (χ0n) is 11.0. The fraction of sp³-hybridized carbons (Fsp3) is 0.154. The van der Waals surface area contributed by atoms with Gasteiger partial charge in [-0.05, 0) is 24.3 Å². The van der Waals surface area contributed by atoms with Crippen LogP contribution in [0.25, 0.3) is 0 Å². The van der Waals surface area contributed by atoms with Crippen LogP contribution in [-0.4, -0.2) is 38.5 Å². The van der Waals surface area contributed by atoms with Gasteiger partial charge in [0.05, 0.1) is 17.8 Å². The number of rotatable bonds is 5. The summed E-state index contributed by atoms with van der Waals surface area (Å²) in [5.41, 5.74) is -0.0749. The lowest BCUT2D eigenvalue weighted by Crippen LogP contribution is -2.32. The minimum absolute atomic E-state index is 0.108. The quantitative estimate of drug-likeness (QED) is 0.615. The normalized spacial score (nSPS) is 10.1. The van der Waals surface area contributed by atoms with E-state index in [1.54, 1.807) is 23.1 Å². The Balaban J connectivity index is 1.92. The minimum Gasteiger partial charge on any atom is -0.508 e. The van der Waals surface area contributed by atoms with E-state index in [1.807, 2.05) is 0 Å². The molecule has 0 saturated carbocycles. The Labute approximate surface area is 120 Å². The molecule has 8 heteroatoms. The summed E-state index contributed by atoms with van der Waals surface area (Å²) in [4.78, 5) is 22.7. The maximum atomic E-state index is 11.7. The van der Waals surface area contributed by atoms with Crippen LogP contribution in [0.4, 0.5) is 10.5 Å². The SMILES string of the molecule is O=C(NCCn1cccn1)Nc1ccc(O)cc1C(=O)O. The summed E-state index contributed by atoms with van der Waals surface area (Å²) in [6, 6.07) is 4.94. The number of carbonyl (C=O) groups is 2. The molecular weight excluding hydrogens is 276 g/mol. The van der Waals surface area contributed by atoms with E-state index in [1.165, 1.54) is 12.1 Å². The molecule has 0 aliphatic rings. The molecular formula is C13H14N4O4. The molecule has 0 unspecified atom stereocenters. The van der Waals surface area contributed by atoms with E-state index in [2.05, 4.69) is 15.7 Å². The summed E-state index contributed by atoms with van der Waals surface area (Å²) >= 11 is 0. The van der Waals surface area contributed by atoms with Crippen LogP contribution in [0.1, 0.15) is 10.4 Å². The van der Waals surface area contributed by atoms with Crippen molar-refractivity contribution in [2.24, 2.45) is 0 Å². The number of benzene rings is 1. The predicted octanol–water partition coefficient (Wildman–Crippen LogP) is 1.11. The summed E-state index contributed by atoms with van der Waals surface area (Å²) < 4.78 is 1.66. The molecule has 0 atom stereocenters. The molecule has 110 valence electrons. The van der Waals surface area contributed by atoms with Crippen LogP contribution in [-0.2, 0) is 6.54 Å². The van der Waals surface area contributed by atoms with Crippen LogP contribution < -0.4 is 10.6 Å². The Morgan fingerprint density at radius 3 is 2.81 bits per heavy atom.